The van der Waals surface area contributed by atoms with Gasteiger partial charge in [-0.3, -0.25) is 4.79 Å². The molecule has 1 aromatic carbocycles. The van der Waals surface area contributed by atoms with Crippen LogP contribution in [0.15, 0.2) is 23.4 Å². The van der Waals surface area contributed by atoms with Gasteiger partial charge in [0.25, 0.3) is 0 Å². The lowest BCUT2D eigenvalue weighted by Gasteiger charge is -2.20. The Morgan fingerprint density at radius 3 is 3.05 bits per heavy atom. The van der Waals surface area contributed by atoms with E-state index in [9.17, 15) is 4.79 Å². The number of ether oxygens (including phenoxy) is 1. The maximum Gasteiger partial charge on any atom is 0.219 e. The average Bonchev–Trinajstić information content (AvgIpc) is 2.50. The normalized spacial score (nSPS) is 15.8. The summed E-state index contributed by atoms with van der Waals surface area (Å²) in [4.78, 5) is 11.1. The molecular formula is C15H20N2O3. The van der Waals surface area contributed by atoms with Gasteiger partial charge < -0.3 is 15.3 Å². The number of carbonyl (C=O) groups excluding carboxylic acids is 1. The van der Waals surface area contributed by atoms with Crippen molar-refractivity contribution in [3.05, 3.63) is 29.3 Å². The van der Waals surface area contributed by atoms with E-state index in [2.05, 4.69) is 10.5 Å². The van der Waals surface area contributed by atoms with Crippen LogP contribution in [0.1, 0.15) is 36.8 Å². The predicted octanol–water partition coefficient (Wildman–Crippen LogP) is 2.11. The Kier molecular flexibility index (Phi) is 4.98. The number of hydrogen-bond donors (Lipinski definition) is 2. The number of amides is 1. The van der Waals surface area contributed by atoms with Crippen molar-refractivity contribution >= 4 is 11.6 Å². The molecule has 0 fully saturated rings. The molecule has 0 saturated heterocycles. The lowest BCUT2D eigenvalue weighted by Crippen LogP contribution is -2.18. The number of nitrogens with one attached hydrogen (secondary N) is 1. The van der Waals surface area contributed by atoms with Crippen molar-refractivity contribution in [3.63, 3.8) is 0 Å². The van der Waals surface area contributed by atoms with Crippen LogP contribution in [0.5, 0.6) is 5.75 Å². The Morgan fingerprint density at radius 1 is 1.45 bits per heavy atom. The van der Waals surface area contributed by atoms with Gasteiger partial charge in [-0.05, 0) is 31.7 Å². The molecule has 0 aromatic heterocycles. The first-order valence-electron chi connectivity index (χ1n) is 6.93. The van der Waals surface area contributed by atoms with E-state index >= 15 is 0 Å². The van der Waals surface area contributed by atoms with Crippen molar-refractivity contribution in [2.75, 3.05) is 13.7 Å². The summed E-state index contributed by atoms with van der Waals surface area (Å²) in [6.45, 7) is 0.509. The zero-order chi connectivity index (χ0) is 14.4. The first-order valence-corrected chi connectivity index (χ1v) is 6.93. The summed E-state index contributed by atoms with van der Waals surface area (Å²) < 4.78 is 5.78. The molecule has 0 spiro atoms. The van der Waals surface area contributed by atoms with Crippen molar-refractivity contribution < 1.29 is 14.7 Å². The van der Waals surface area contributed by atoms with Crippen LogP contribution in [0.2, 0.25) is 0 Å². The second-order valence-corrected chi connectivity index (χ2v) is 4.81. The molecule has 2 rings (SSSR count). The third-order valence-corrected chi connectivity index (χ3v) is 3.49. The summed E-state index contributed by atoms with van der Waals surface area (Å²) in [5, 5.41) is 15.0. The van der Waals surface area contributed by atoms with Gasteiger partial charge >= 0.3 is 0 Å². The van der Waals surface area contributed by atoms with Gasteiger partial charge in [0.1, 0.15) is 5.75 Å². The average molecular weight is 276 g/mol. The van der Waals surface area contributed by atoms with Crippen LogP contribution in [0.25, 0.3) is 0 Å². The van der Waals surface area contributed by atoms with Crippen LogP contribution in [0, 0.1) is 0 Å². The highest BCUT2D eigenvalue weighted by Crippen LogP contribution is 2.30. The minimum Gasteiger partial charge on any atom is -0.493 e. The molecule has 0 bridgehead atoms. The van der Waals surface area contributed by atoms with Crippen molar-refractivity contribution in [2.45, 2.75) is 32.1 Å². The summed E-state index contributed by atoms with van der Waals surface area (Å²) in [6.07, 6.45) is 3.84. The van der Waals surface area contributed by atoms with E-state index in [-0.39, 0.29) is 5.91 Å². The Hall–Kier alpha value is -2.04. The van der Waals surface area contributed by atoms with E-state index in [0.717, 1.165) is 41.9 Å². The van der Waals surface area contributed by atoms with Gasteiger partial charge in [0.15, 0.2) is 0 Å². The van der Waals surface area contributed by atoms with E-state index in [1.807, 2.05) is 18.2 Å². The van der Waals surface area contributed by atoms with Gasteiger partial charge in [-0.1, -0.05) is 17.3 Å². The molecule has 0 aliphatic heterocycles. The van der Waals surface area contributed by atoms with Crippen LogP contribution in [0.3, 0.4) is 0 Å². The highest BCUT2D eigenvalue weighted by atomic mass is 16.5. The Bertz CT molecular complexity index is 512. The predicted molar refractivity (Wildman–Crippen MR) is 76.5 cm³/mol. The van der Waals surface area contributed by atoms with Gasteiger partial charge in [0, 0.05) is 24.6 Å². The molecule has 5 heteroatoms. The molecule has 2 N–H and O–H groups in total. The van der Waals surface area contributed by atoms with E-state index in [0.29, 0.717) is 19.4 Å². The maximum atomic E-state index is 11.1. The zero-order valence-corrected chi connectivity index (χ0v) is 11.7. The van der Waals surface area contributed by atoms with E-state index in [1.165, 1.54) is 0 Å². The molecule has 1 aliphatic carbocycles. The number of carbonyl (C=O) groups is 1. The summed E-state index contributed by atoms with van der Waals surface area (Å²) in [7, 11) is 1.63. The van der Waals surface area contributed by atoms with Gasteiger partial charge in [-0.2, -0.15) is 0 Å². The molecule has 20 heavy (non-hydrogen) atoms. The van der Waals surface area contributed by atoms with E-state index in [1.54, 1.807) is 7.05 Å². The molecule has 1 aliphatic rings. The smallest absolute Gasteiger partial charge is 0.219 e. The lowest BCUT2D eigenvalue weighted by molar-refractivity contribution is -0.120. The summed E-state index contributed by atoms with van der Waals surface area (Å²) in [5.74, 6) is 0.860. The first-order chi connectivity index (χ1) is 9.76. The maximum absolute atomic E-state index is 11.1. The number of rotatable bonds is 5. The quantitative estimate of drug-likeness (QED) is 0.491. The number of benzene rings is 1. The van der Waals surface area contributed by atoms with Gasteiger partial charge in [0.05, 0.1) is 12.3 Å². The molecule has 0 saturated carbocycles. The number of fused-ring (bicyclic) bond motifs is 1. The summed E-state index contributed by atoms with van der Waals surface area (Å²) in [6, 6.07) is 5.80. The molecule has 1 aromatic rings. The lowest BCUT2D eigenvalue weighted by atomic mass is 9.89. The first kappa shape index (κ1) is 14.4. The Labute approximate surface area is 118 Å². The topological polar surface area (TPSA) is 70.9 Å². The molecule has 5 nitrogen and oxygen atoms in total. The standard InChI is InChI=1S/C15H20N2O3/c1-16-15(18)9-4-10-20-14-8-3-5-11-12(14)6-2-7-13(11)17-19/h3,5,8,19H,2,4,6-7,9-10H2,1H3,(H,16,18). The van der Waals surface area contributed by atoms with Crippen LogP contribution in [-0.2, 0) is 11.2 Å². The molecular weight excluding hydrogens is 256 g/mol. The van der Waals surface area contributed by atoms with E-state index < -0.39 is 0 Å². The Balaban J connectivity index is 2.01. The van der Waals surface area contributed by atoms with Crippen LogP contribution >= 0.6 is 0 Å². The largest absolute Gasteiger partial charge is 0.493 e. The molecule has 0 unspecified atom stereocenters. The van der Waals surface area contributed by atoms with Gasteiger partial charge in [-0.15, -0.1) is 0 Å². The molecule has 108 valence electrons. The second-order valence-electron chi connectivity index (χ2n) is 4.81. The zero-order valence-electron chi connectivity index (χ0n) is 11.7. The minimum atomic E-state index is 0.0263. The monoisotopic (exact) mass is 276 g/mol. The molecule has 0 atom stereocenters. The van der Waals surface area contributed by atoms with Crippen LogP contribution < -0.4 is 10.1 Å². The number of oxime groups is 1. The minimum absolute atomic E-state index is 0.0263. The molecule has 0 radical (unpaired) electrons. The fraction of sp³-hybridized carbons (Fsp3) is 0.467. The van der Waals surface area contributed by atoms with Crippen molar-refractivity contribution in [1.29, 1.82) is 0 Å². The van der Waals surface area contributed by atoms with Crippen molar-refractivity contribution in [3.8, 4) is 5.75 Å². The van der Waals surface area contributed by atoms with Crippen LogP contribution in [-0.4, -0.2) is 30.5 Å². The second kappa shape index (κ2) is 6.93. The highest BCUT2D eigenvalue weighted by molar-refractivity contribution is 6.02. The SMILES string of the molecule is CNC(=O)CCCOc1cccc2c1CCCC2=NO. The highest BCUT2D eigenvalue weighted by Gasteiger charge is 2.19. The van der Waals surface area contributed by atoms with Crippen molar-refractivity contribution in [2.24, 2.45) is 5.16 Å². The third kappa shape index (κ3) is 3.29. The molecule has 0 heterocycles. The van der Waals surface area contributed by atoms with E-state index in [4.69, 9.17) is 9.94 Å². The molecule has 1 amide bonds. The summed E-state index contributed by atoms with van der Waals surface area (Å²) in [5.41, 5.74) is 2.80. The summed E-state index contributed by atoms with van der Waals surface area (Å²) >= 11 is 0. The fourth-order valence-corrected chi connectivity index (χ4v) is 2.44. The number of hydrogen-bond acceptors (Lipinski definition) is 4. The van der Waals surface area contributed by atoms with Gasteiger partial charge in [-0.25, -0.2) is 0 Å². The number of nitrogens with zero attached hydrogens (tertiary/aromatic N) is 1. The Morgan fingerprint density at radius 2 is 2.30 bits per heavy atom. The van der Waals surface area contributed by atoms with Gasteiger partial charge in [0.2, 0.25) is 5.91 Å². The van der Waals surface area contributed by atoms with Crippen molar-refractivity contribution in [1.82, 2.24) is 5.32 Å². The third-order valence-electron chi connectivity index (χ3n) is 3.49. The fourth-order valence-electron chi connectivity index (χ4n) is 2.44. The van der Waals surface area contributed by atoms with Crippen LogP contribution in [0.4, 0.5) is 0 Å².